The van der Waals surface area contributed by atoms with Crippen molar-refractivity contribution in [1.29, 1.82) is 0 Å². The van der Waals surface area contributed by atoms with Gasteiger partial charge >= 0.3 is 0 Å². The number of benzene rings is 1. The maximum atomic E-state index is 6.08. The Morgan fingerprint density at radius 1 is 1.38 bits per heavy atom. The summed E-state index contributed by atoms with van der Waals surface area (Å²) in [5, 5.41) is 5.08. The summed E-state index contributed by atoms with van der Waals surface area (Å²) in [7, 11) is 0. The molecule has 1 aliphatic rings. The molecule has 1 atom stereocenters. The van der Waals surface area contributed by atoms with Crippen LogP contribution in [0.4, 0.5) is 0 Å². The molecule has 0 aliphatic carbocycles. The van der Waals surface area contributed by atoms with Gasteiger partial charge in [-0.3, -0.25) is 4.90 Å². The van der Waals surface area contributed by atoms with E-state index in [1.807, 2.05) is 18.2 Å². The minimum Gasteiger partial charge on any atom is -0.361 e. The number of nitrogens with zero attached hydrogens (tertiary/aromatic N) is 2. The Hall–Kier alpha value is -1.32. The van der Waals surface area contributed by atoms with Crippen molar-refractivity contribution in [3.8, 4) is 0 Å². The Morgan fingerprint density at radius 3 is 2.95 bits per heavy atom. The molecule has 3 nitrogen and oxygen atoms in total. The van der Waals surface area contributed by atoms with Crippen molar-refractivity contribution in [2.75, 3.05) is 6.54 Å². The van der Waals surface area contributed by atoms with E-state index in [2.05, 4.69) is 36.0 Å². The standard InChI is InChI=1S/C17H21ClN2O/c1-12(2)17-10-15(19-21-17)16-7-4-8-20(16)11-13-5-3-6-14(18)9-13/h3,5-6,9-10,12,16H,4,7-8,11H2,1-2H3/t16-/m1/s1. The van der Waals surface area contributed by atoms with Crippen LogP contribution in [0.15, 0.2) is 34.9 Å². The highest BCUT2D eigenvalue weighted by molar-refractivity contribution is 6.30. The Labute approximate surface area is 130 Å². The molecule has 1 aliphatic heterocycles. The van der Waals surface area contributed by atoms with Crippen LogP contribution < -0.4 is 0 Å². The quantitative estimate of drug-likeness (QED) is 0.813. The first kappa shape index (κ1) is 14.6. The van der Waals surface area contributed by atoms with Crippen molar-refractivity contribution >= 4 is 11.6 Å². The highest BCUT2D eigenvalue weighted by atomic mass is 35.5. The van der Waals surface area contributed by atoms with Crippen molar-refractivity contribution in [3.63, 3.8) is 0 Å². The number of halogens is 1. The second-order valence-electron chi connectivity index (χ2n) is 6.07. The lowest BCUT2D eigenvalue weighted by Crippen LogP contribution is -2.22. The van der Waals surface area contributed by atoms with E-state index in [0.717, 1.165) is 36.0 Å². The van der Waals surface area contributed by atoms with Crippen molar-refractivity contribution in [1.82, 2.24) is 10.1 Å². The molecule has 0 radical (unpaired) electrons. The fourth-order valence-corrected chi connectivity index (χ4v) is 3.17. The van der Waals surface area contributed by atoms with E-state index in [9.17, 15) is 0 Å². The molecule has 3 rings (SSSR count). The van der Waals surface area contributed by atoms with Crippen LogP contribution >= 0.6 is 11.6 Å². The first-order valence-corrected chi connectivity index (χ1v) is 7.96. The van der Waals surface area contributed by atoms with Gasteiger partial charge in [-0.25, -0.2) is 0 Å². The van der Waals surface area contributed by atoms with Gasteiger partial charge in [0.25, 0.3) is 0 Å². The number of rotatable bonds is 4. The maximum Gasteiger partial charge on any atom is 0.139 e. The molecule has 1 fully saturated rings. The average molecular weight is 305 g/mol. The van der Waals surface area contributed by atoms with Gasteiger partial charge < -0.3 is 4.52 Å². The van der Waals surface area contributed by atoms with Gasteiger partial charge in [-0.15, -0.1) is 0 Å². The highest BCUT2D eigenvalue weighted by Gasteiger charge is 2.29. The largest absolute Gasteiger partial charge is 0.361 e. The van der Waals surface area contributed by atoms with E-state index in [1.54, 1.807) is 0 Å². The van der Waals surface area contributed by atoms with Gasteiger partial charge in [0.1, 0.15) is 11.5 Å². The third-order valence-electron chi connectivity index (χ3n) is 4.10. The molecule has 4 heteroatoms. The van der Waals surface area contributed by atoms with Crippen LogP contribution in [-0.2, 0) is 6.54 Å². The van der Waals surface area contributed by atoms with E-state index in [4.69, 9.17) is 16.1 Å². The third kappa shape index (κ3) is 3.30. The molecule has 1 aromatic heterocycles. The van der Waals surface area contributed by atoms with E-state index in [0.29, 0.717) is 12.0 Å². The Bertz CT molecular complexity index is 608. The number of hydrogen-bond donors (Lipinski definition) is 0. The zero-order chi connectivity index (χ0) is 14.8. The van der Waals surface area contributed by atoms with Gasteiger partial charge in [-0.05, 0) is 37.1 Å². The second kappa shape index (κ2) is 6.20. The average Bonchev–Trinajstić information content (AvgIpc) is 3.06. The normalized spacial score (nSPS) is 19.5. The first-order valence-electron chi connectivity index (χ1n) is 7.58. The van der Waals surface area contributed by atoms with Gasteiger partial charge in [0.2, 0.25) is 0 Å². The summed E-state index contributed by atoms with van der Waals surface area (Å²) in [6.45, 7) is 6.27. The zero-order valence-corrected chi connectivity index (χ0v) is 13.3. The van der Waals surface area contributed by atoms with Crippen molar-refractivity contribution < 1.29 is 4.52 Å². The molecule has 1 saturated heterocycles. The molecule has 0 spiro atoms. The fourth-order valence-electron chi connectivity index (χ4n) is 2.95. The minimum atomic E-state index is 0.361. The number of likely N-dealkylation sites (tertiary alicyclic amines) is 1. The molecule has 0 saturated carbocycles. The molecule has 112 valence electrons. The lowest BCUT2D eigenvalue weighted by atomic mass is 10.1. The summed E-state index contributed by atoms with van der Waals surface area (Å²) < 4.78 is 5.46. The minimum absolute atomic E-state index is 0.361. The van der Waals surface area contributed by atoms with E-state index >= 15 is 0 Å². The Balaban J connectivity index is 1.75. The lowest BCUT2D eigenvalue weighted by Gasteiger charge is -2.22. The van der Waals surface area contributed by atoms with E-state index in [-0.39, 0.29) is 0 Å². The third-order valence-corrected chi connectivity index (χ3v) is 4.33. The predicted octanol–water partition coefficient (Wildman–Crippen LogP) is 4.79. The van der Waals surface area contributed by atoms with Crippen LogP contribution in [0.3, 0.4) is 0 Å². The van der Waals surface area contributed by atoms with Gasteiger partial charge in [-0.1, -0.05) is 42.7 Å². The molecular weight excluding hydrogens is 284 g/mol. The molecule has 0 amide bonds. The van der Waals surface area contributed by atoms with Crippen LogP contribution in [-0.4, -0.2) is 16.6 Å². The van der Waals surface area contributed by atoms with Gasteiger partial charge in [-0.2, -0.15) is 0 Å². The van der Waals surface area contributed by atoms with Crippen LogP contribution in [0.25, 0.3) is 0 Å². The molecule has 0 N–H and O–H groups in total. The second-order valence-corrected chi connectivity index (χ2v) is 6.50. The number of aromatic nitrogens is 1. The van der Waals surface area contributed by atoms with Crippen molar-refractivity contribution in [2.24, 2.45) is 0 Å². The van der Waals surface area contributed by atoms with Crippen LogP contribution in [0.2, 0.25) is 5.02 Å². The summed E-state index contributed by atoms with van der Waals surface area (Å²) in [4.78, 5) is 2.47. The monoisotopic (exact) mass is 304 g/mol. The van der Waals surface area contributed by atoms with Crippen LogP contribution in [0.5, 0.6) is 0 Å². The Morgan fingerprint density at radius 2 is 2.24 bits per heavy atom. The molecule has 2 heterocycles. The molecule has 1 aromatic carbocycles. The SMILES string of the molecule is CC(C)c1cc([C@H]2CCCN2Cc2cccc(Cl)c2)no1. The highest BCUT2D eigenvalue weighted by Crippen LogP contribution is 2.33. The summed E-state index contributed by atoms with van der Waals surface area (Å²) in [6, 6.07) is 10.6. The van der Waals surface area contributed by atoms with Crippen LogP contribution in [0, 0.1) is 0 Å². The Kier molecular flexibility index (Phi) is 4.32. The molecule has 0 bridgehead atoms. The van der Waals surface area contributed by atoms with Gasteiger partial charge in [0.05, 0.1) is 6.04 Å². The van der Waals surface area contributed by atoms with Gasteiger partial charge in [0.15, 0.2) is 0 Å². The molecule has 0 unspecified atom stereocenters. The summed E-state index contributed by atoms with van der Waals surface area (Å²) in [5.74, 6) is 1.36. The fraction of sp³-hybridized carbons (Fsp3) is 0.471. The molecule has 21 heavy (non-hydrogen) atoms. The summed E-state index contributed by atoms with van der Waals surface area (Å²) >= 11 is 6.08. The van der Waals surface area contributed by atoms with Crippen molar-refractivity contribution in [3.05, 3.63) is 52.4 Å². The topological polar surface area (TPSA) is 29.3 Å². The van der Waals surface area contributed by atoms with E-state index in [1.165, 1.54) is 12.0 Å². The zero-order valence-electron chi connectivity index (χ0n) is 12.6. The maximum absolute atomic E-state index is 6.08. The van der Waals surface area contributed by atoms with Crippen molar-refractivity contribution in [2.45, 2.75) is 45.2 Å². The summed E-state index contributed by atoms with van der Waals surface area (Å²) in [6.07, 6.45) is 2.35. The van der Waals surface area contributed by atoms with E-state index < -0.39 is 0 Å². The lowest BCUT2D eigenvalue weighted by molar-refractivity contribution is 0.236. The first-order chi connectivity index (χ1) is 10.1. The van der Waals surface area contributed by atoms with Crippen LogP contribution in [0.1, 0.15) is 55.7 Å². The molecule has 2 aromatic rings. The number of hydrogen-bond acceptors (Lipinski definition) is 3. The van der Waals surface area contributed by atoms with Gasteiger partial charge in [0, 0.05) is 23.6 Å². The predicted molar refractivity (Wildman–Crippen MR) is 84.4 cm³/mol. The molecular formula is C17H21ClN2O. The summed E-state index contributed by atoms with van der Waals surface area (Å²) in [5.41, 5.74) is 2.32. The smallest absolute Gasteiger partial charge is 0.139 e.